The van der Waals surface area contributed by atoms with Crippen LogP contribution < -0.4 is 10.6 Å². The van der Waals surface area contributed by atoms with Crippen molar-refractivity contribution in [2.24, 2.45) is 0 Å². The van der Waals surface area contributed by atoms with Gasteiger partial charge in [0.1, 0.15) is 0 Å². The molecule has 2 amide bonds. The molecule has 2 N–H and O–H groups in total. The molecule has 0 saturated carbocycles. The predicted molar refractivity (Wildman–Crippen MR) is 137 cm³/mol. The summed E-state index contributed by atoms with van der Waals surface area (Å²) >= 11 is 1.30. The van der Waals surface area contributed by atoms with Crippen LogP contribution >= 0.6 is 11.8 Å². The molecular formula is C26H31N5O2S. The molecule has 1 atom stereocenters. The Hall–Kier alpha value is -3.39. The van der Waals surface area contributed by atoms with E-state index in [9.17, 15) is 9.59 Å². The number of hydrogen-bond acceptors (Lipinski definition) is 5. The molecule has 0 aliphatic rings. The van der Waals surface area contributed by atoms with E-state index in [1.54, 1.807) is 12.1 Å². The maximum Gasteiger partial charge on any atom is 0.252 e. The van der Waals surface area contributed by atoms with Crippen LogP contribution in [-0.2, 0) is 11.3 Å². The fourth-order valence-electron chi connectivity index (χ4n) is 3.88. The maximum absolute atomic E-state index is 12.7. The Morgan fingerprint density at radius 1 is 1.09 bits per heavy atom. The zero-order chi connectivity index (χ0) is 24.8. The van der Waals surface area contributed by atoms with E-state index < -0.39 is 0 Å². The summed E-state index contributed by atoms with van der Waals surface area (Å²) in [6, 6.07) is 11.2. The summed E-state index contributed by atoms with van der Waals surface area (Å²) in [5, 5.41) is 15.2. The van der Waals surface area contributed by atoms with Gasteiger partial charge in [-0.1, -0.05) is 53.7 Å². The van der Waals surface area contributed by atoms with Crippen LogP contribution in [0.3, 0.4) is 0 Å². The van der Waals surface area contributed by atoms with Crippen molar-refractivity contribution >= 4 is 29.3 Å². The number of rotatable bonds is 9. The third kappa shape index (κ3) is 5.94. The van der Waals surface area contributed by atoms with Crippen LogP contribution in [-0.4, -0.2) is 32.3 Å². The van der Waals surface area contributed by atoms with Crippen LogP contribution in [0.25, 0.3) is 0 Å². The van der Waals surface area contributed by atoms with Gasteiger partial charge in [-0.3, -0.25) is 9.59 Å². The topological polar surface area (TPSA) is 88.9 Å². The second-order valence-corrected chi connectivity index (χ2v) is 9.30. The molecular weight excluding hydrogens is 446 g/mol. The smallest absolute Gasteiger partial charge is 0.252 e. The molecule has 0 radical (unpaired) electrons. The van der Waals surface area contributed by atoms with Gasteiger partial charge in [-0.2, -0.15) is 0 Å². The molecule has 178 valence electrons. The van der Waals surface area contributed by atoms with E-state index in [4.69, 9.17) is 0 Å². The molecule has 34 heavy (non-hydrogen) atoms. The fraction of sp³-hybridized carbons (Fsp3) is 0.308. The van der Waals surface area contributed by atoms with Crippen molar-refractivity contribution in [3.63, 3.8) is 0 Å². The second-order valence-electron chi connectivity index (χ2n) is 8.36. The lowest BCUT2D eigenvalue weighted by Gasteiger charge is -2.16. The molecule has 0 fully saturated rings. The van der Waals surface area contributed by atoms with Gasteiger partial charge in [0.15, 0.2) is 11.0 Å². The van der Waals surface area contributed by atoms with Gasteiger partial charge in [0.2, 0.25) is 5.91 Å². The number of nitrogens with zero attached hydrogens (tertiary/aromatic N) is 3. The predicted octanol–water partition coefficient (Wildman–Crippen LogP) is 4.92. The minimum Gasteiger partial charge on any atom is -0.342 e. The van der Waals surface area contributed by atoms with Gasteiger partial charge in [0.05, 0.1) is 11.8 Å². The quantitative estimate of drug-likeness (QED) is 0.337. The summed E-state index contributed by atoms with van der Waals surface area (Å²) in [5.41, 5.74) is 5.60. The van der Waals surface area contributed by atoms with Crippen molar-refractivity contribution in [1.29, 1.82) is 0 Å². The monoisotopic (exact) mass is 477 g/mol. The minimum atomic E-state index is -0.374. The average molecular weight is 478 g/mol. The van der Waals surface area contributed by atoms with Crippen LogP contribution in [0.15, 0.2) is 54.2 Å². The summed E-state index contributed by atoms with van der Waals surface area (Å²) in [6.07, 6.45) is 1.74. The normalized spacial score (nSPS) is 11.7. The molecule has 1 aromatic heterocycles. The van der Waals surface area contributed by atoms with Crippen molar-refractivity contribution in [1.82, 2.24) is 20.1 Å². The third-order valence-electron chi connectivity index (χ3n) is 5.46. The van der Waals surface area contributed by atoms with Gasteiger partial charge in [-0.25, -0.2) is 0 Å². The van der Waals surface area contributed by atoms with Crippen molar-refractivity contribution in [2.75, 3.05) is 11.1 Å². The molecule has 7 nitrogen and oxygen atoms in total. The first-order valence-electron chi connectivity index (χ1n) is 11.1. The molecule has 0 saturated heterocycles. The molecule has 0 aliphatic heterocycles. The number of carbonyl (C=O) groups excluding carboxylic acids is 2. The molecule has 8 heteroatoms. The Balaban J connectivity index is 1.70. The van der Waals surface area contributed by atoms with E-state index in [2.05, 4.69) is 39.5 Å². The van der Waals surface area contributed by atoms with Crippen LogP contribution in [0.4, 0.5) is 5.69 Å². The lowest BCUT2D eigenvalue weighted by molar-refractivity contribution is -0.113. The first kappa shape index (κ1) is 25.2. The standard InChI is InChI=1S/C26H31N5O2S/c1-7-12-31-24(20(6)27-25(33)21-11-9-8-10-17(21)3)29-30-26(31)34-15-22(32)28-23-18(4)13-16(2)14-19(23)5/h7-11,13-14,20H,1,12,15H2,2-6H3,(H,27,33)(H,28,32). The zero-order valence-electron chi connectivity index (χ0n) is 20.3. The number of aryl methyl sites for hydroxylation is 4. The number of amides is 2. The van der Waals surface area contributed by atoms with Gasteiger partial charge in [0, 0.05) is 17.8 Å². The second kappa shape index (κ2) is 11.2. The number of aromatic nitrogens is 3. The minimum absolute atomic E-state index is 0.115. The van der Waals surface area contributed by atoms with Crippen molar-refractivity contribution in [3.05, 3.63) is 82.7 Å². The number of nitrogens with one attached hydrogen (secondary N) is 2. The van der Waals surface area contributed by atoms with Crippen molar-refractivity contribution in [3.8, 4) is 0 Å². The average Bonchev–Trinajstić information content (AvgIpc) is 3.18. The third-order valence-corrected chi connectivity index (χ3v) is 6.42. The Kier molecular flexibility index (Phi) is 8.28. The van der Waals surface area contributed by atoms with Crippen LogP contribution in [0.2, 0.25) is 0 Å². The summed E-state index contributed by atoms with van der Waals surface area (Å²) in [5.74, 6) is 0.508. The van der Waals surface area contributed by atoms with Crippen molar-refractivity contribution < 1.29 is 9.59 Å². The van der Waals surface area contributed by atoms with E-state index in [0.29, 0.717) is 23.1 Å². The number of benzene rings is 2. The number of allylic oxidation sites excluding steroid dienone is 1. The maximum atomic E-state index is 12.7. The Morgan fingerprint density at radius 2 is 1.76 bits per heavy atom. The number of hydrogen-bond donors (Lipinski definition) is 2. The van der Waals surface area contributed by atoms with E-state index in [1.165, 1.54) is 11.8 Å². The van der Waals surface area contributed by atoms with Gasteiger partial charge in [-0.05, 0) is 57.4 Å². The van der Waals surface area contributed by atoms with Crippen LogP contribution in [0, 0.1) is 27.7 Å². The van der Waals surface area contributed by atoms with E-state index in [0.717, 1.165) is 27.9 Å². The highest BCUT2D eigenvalue weighted by molar-refractivity contribution is 7.99. The SMILES string of the molecule is C=CCn1c(SCC(=O)Nc2c(C)cc(C)cc2C)nnc1C(C)NC(=O)c1ccccc1C. The summed E-state index contributed by atoms with van der Waals surface area (Å²) in [4.78, 5) is 25.4. The number of carbonyl (C=O) groups is 2. The Morgan fingerprint density at radius 3 is 2.41 bits per heavy atom. The van der Waals surface area contributed by atoms with E-state index in [1.807, 2.05) is 57.4 Å². The largest absolute Gasteiger partial charge is 0.342 e. The molecule has 0 spiro atoms. The summed E-state index contributed by atoms with van der Waals surface area (Å²) in [7, 11) is 0. The van der Waals surface area contributed by atoms with E-state index >= 15 is 0 Å². The highest BCUT2D eigenvalue weighted by Gasteiger charge is 2.21. The lowest BCUT2D eigenvalue weighted by Crippen LogP contribution is -2.29. The first-order chi connectivity index (χ1) is 16.2. The van der Waals surface area contributed by atoms with Gasteiger partial charge >= 0.3 is 0 Å². The van der Waals surface area contributed by atoms with E-state index in [-0.39, 0.29) is 23.6 Å². The molecule has 0 aliphatic carbocycles. The van der Waals surface area contributed by atoms with Gasteiger partial charge < -0.3 is 15.2 Å². The molecule has 0 bridgehead atoms. The zero-order valence-corrected chi connectivity index (χ0v) is 21.1. The van der Waals surface area contributed by atoms with Gasteiger partial charge in [-0.15, -0.1) is 16.8 Å². The van der Waals surface area contributed by atoms with Crippen LogP contribution in [0.1, 0.15) is 51.4 Å². The Bertz CT molecular complexity index is 1190. The molecule has 2 aromatic carbocycles. The number of anilines is 1. The van der Waals surface area contributed by atoms with Crippen molar-refractivity contribution in [2.45, 2.75) is 52.4 Å². The number of thioether (sulfide) groups is 1. The van der Waals surface area contributed by atoms with Gasteiger partial charge in [0.25, 0.3) is 5.91 Å². The Labute approximate surface area is 205 Å². The van der Waals surface area contributed by atoms with Crippen LogP contribution in [0.5, 0.6) is 0 Å². The molecule has 1 unspecified atom stereocenters. The molecule has 3 aromatic rings. The highest BCUT2D eigenvalue weighted by atomic mass is 32.2. The molecule has 1 heterocycles. The molecule has 3 rings (SSSR count). The summed E-state index contributed by atoms with van der Waals surface area (Å²) in [6.45, 7) is 14.1. The first-order valence-corrected chi connectivity index (χ1v) is 12.1. The summed E-state index contributed by atoms with van der Waals surface area (Å²) < 4.78 is 1.87. The lowest BCUT2D eigenvalue weighted by atomic mass is 10.1. The fourth-order valence-corrected chi connectivity index (χ4v) is 4.63. The highest BCUT2D eigenvalue weighted by Crippen LogP contribution is 2.24.